The highest BCUT2D eigenvalue weighted by atomic mass is 35.5. The largest absolute Gasteiger partial charge is 0.395 e. The highest BCUT2D eigenvalue weighted by Gasteiger charge is 2.10. The first kappa shape index (κ1) is 12.8. The van der Waals surface area contributed by atoms with E-state index in [1.807, 2.05) is 11.0 Å². The number of nitrogens with zero attached hydrogens (tertiary/aromatic N) is 2. The van der Waals surface area contributed by atoms with Crippen molar-refractivity contribution in [1.82, 2.24) is 0 Å². The Labute approximate surface area is 101 Å². The fourth-order valence-electron chi connectivity index (χ4n) is 1.62. The minimum atomic E-state index is 0.0769. The second kappa shape index (κ2) is 6.37. The maximum Gasteiger partial charge on any atom is 0.101 e. The molecule has 0 atom stereocenters. The van der Waals surface area contributed by atoms with Gasteiger partial charge < -0.3 is 10.0 Å². The molecule has 16 heavy (non-hydrogen) atoms. The van der Waals surface area contributed by atoms with Crippen LogP contribution >= 0.6 is 11.6 Å². The zero-order valence-electron chi connectivity index (χ0n) is 9.28. The third-order valence-electron chi connectivity index (χ3n) is 2.28. The third-order valence-corrected chi connectivity index (χ3v) is 2.52. The first-order valence-corrected chi connectivity index (χ1v) is 5.66. The molecule has 1 aromatic carbocycles. The highest BCUT2D eigenvalue weighted by Crippen LogP contribution is 2.23. The molecule has 0 spiro atoms. The number of rotatable bonds is 5. The number of anilines is 1. The van der Waals surface area contributed by atoms with Gasteiger partial charge in [0.05, 0.1) is 17.9 Å². The Bertz CT molecular complexity index is 381. The summed E-state index contributed by atoms with van der Waals surface area (Å²) in [7, 11) is 0. The Hall–Kier alpha value is -1.24. The zero-order chi connectivity index (χ0) is 12.0. The number of hydrogen-bond acceptors (Lipinski definition) is 3. The van der Waals surface area contributed by atoms with E-state index in [1.165, 1.54) is 0 Å². The average molecular weight is 239 g/mol. The van der Waals surface area contributed by atoms with Crippen molar-refractivity contribution in [3.8, 4) is 6.07 Å². The molecule has 0 radical (unpaired) electrons. The Morgan fingerprint density at radius 3 is 2.75 bits per heavy atom. The van der Waals surface area contributed by atoms with E-state index in [0.717, 1.165) is 18.7 Å². The van der Waals surface area contributed by atoms with Gasteiger partial charge in [0.15, 0.2) is 0 Å². The molecular weight excluding hydrogens is 224 g/mol. The molecule has 0 saturated heterocycles. The van der Waals surface area contributed by atoms with Gasteiger partial charge in [0, 0.05) is 18.1 Å². The molecule has 1 aromatic rings. The Morgan fingerprint density at radius 1 is 1.44 bits per heavy atom. The van der Waals surface area contributed by atoms with Crippen LogP contribution < -0.4 is 4.90 Å². The molecule has 3 nitrogen and oxygen atoms in total. The van der Waals surface area contributed by atoms with Gasteiger partial charge in [-0.2, -0.15) is 5.26 Å². The summed E-state index contributed by atoms with van der Waals surface area (Å²) < 4.78 is 0. The molecule has 0 amide bonds. The van der Waals surface area contributed by atoms with E-state index in [2.05, 4.69) is 13.0 Å². The molecule has 1 rings (SSSR count). The van der Waals surface area contributed by atoms with Crippen LogP contribution in [0.15, 0.2) is 18.2 Å². The van der Waals surface area contributed by atoms with Crippen LogP contribution in [0.1, 0.15) is 18.9 Å². The molecule has 0 aromatic heterocycles. The summed E-state index contributed by atoms with van der Waals surface area (Å²) in [6.45, 7) is 3.49. The normalized spacial score (nSPS) is 9.88. The van der Waals surface area contributed by atoms with Crippen molar-refractivity contribution in [2.24, 2.45) is 0 Å². The van der Waals surface area contributed by atoms with Gasteiger partial charge in [-0.05, 0) is 24.6 Å². The summed E-state index contributed by atoms with van der Waals surface area (Å²) in [5.74, 6) is 0. The van der Waals surface area contributed by atoms with E-state index in [1.54, 1.807) is 12.1 Å². The number of benzene rings is 1. The first-order valence-electron chi connectivity index (χ1n) is 5.28. The fraction of sp³-hybridized carbons (Fsp3) is 0.417. The lowest BCUT2D eigenvalue weighted by molar-refractivity contribution is 0.302. The molecule has 86 valence electrons. The van der Waals surface area contributed by atoms with E-state index in [4.69, 9.17) is 22.0 Å². The quantitative estimate of drug-likeness (QED) is 0.857. The van der Waals surface area contributed by atoms with Gasteiger partial charge >= 0.3 is 0 Å². The lowest BCUT2D eigenvalue weighted by atomic mass is 10.1. The van der Waals surface area contributed by atoms with Gasteiger partial charge in [-0.1, -0.05) is 18.5 Å². The fourth-order valence-corrected chi connectivity index (χ4v) is 1.79. The summed E-state index contributed by atoms with van der Waals surface area (Å²) in [4.78, 5) is 1.99. The van der Waals surface area contributed by atoms with Crippen molar-refractivity contribution in [3.63, 3.8) is 0 Å². The second-order valence-electron chi connectivity index (χ2n) is 3.48. The third kappa shape index (κ3) is 3.13. The van der Waals surface area contributed by atoms with Gasteiger partial charge in [-0.3, -0.25) is 0 Å². The summed E-state index contributed by atoms with van der Waals surface area (Å²) in [5, 5.41) is 18.6. The number of aliphatic hydroxyl groups is 1. The van der Waals surface area contributed by atoms with Crippen LogP contribution in [0.25, 0.3) is 0 Å². The molecule has 0 fully saturated rings. The van der Waals surface area contributed by atoms with E-state index in [0.29, 0.717) is 17.1 Å². The molecular formula is C12H15ClN2O. The summed E-state index contributed by atoms with van der Waals surface area (Å²) in [5.41, 5.74) is 1.39. The minimum Gasteiger partial charge on any atom is -0.395 e. The number of halogens is 1. The van der Waals surface area contributed by atoms with E-state index < -0.39 is 0 Å². The molecule has 4 heteroatoms. The molecule has 0 unspecified atom stereocenters. The van der Waals surface area contributed by atoms with Crippen molar-refractivity contribution < 1.29 is 5.11 Å². The van der Waals surface area contributed by atoms with Gasteiger partial charge in [-0.25, -0.2) is 0 Å². The molecule has 0 aliphatic heterocycles. The summed E-state index contributed by atoms with van der Waals surface area (Å²) in [6.07, 6.45) is 0.966. The van der Waals surface area contributed by atoms with E-state index in [9.17, 15) is 0 Å². The van der Waals surface area contributed by atoms with Gasteiger partial charge in [0.1, 0.15) is 6.07 Å². The monoisotopic (exact) mass is 238 g/mol. The van der Waals surface area contributed by atoms with Gasteiger partial charge in [-0.15, -0.1) is 0 Å². The Kier molecular flexibility index (Phi) is 5.10. The van der Waals surface area contributed by atoms with E-state index in [-0.39, 0.29) is 6.61 Å². The average Bonchev–Trinajstić information content (AvgIpc) is 2.28. The van der Waals surface area contributed by atoms with Gasteiger partial charge in [0.2, 0.25) is 0 Å². The predicted octanol–water partition coefficient (Wildman–Crippen LogP) is 2.42. The maximum atomic E-state index is 9.03. The van der Waals surface area contributed by atoms with Crippen LogP contribution in [0.3, 0.4) is 0 Å². The van der Waals surface area contributed by atoms with Crippen LogP contribution in [0.5, 0.6) is 0 Å². The van der Waals surface area contributed by atoms with Crippen LogP contribution in [0, 0.1) is 11.3 Å². The minimum absolute atomic E-state index is 0.0769. The van der Waals surface area contributed by atoms with Crippen molar-refractivity contribution in [3.05, 3.63) is 28.8 Å². The second-order valence-corrected chi connectivity index (χ2v) is 3.92. The molecule has 0 heterocycles. The molecule has 0 bridgehead atoms. The summed E-state index contributed by atoms with van der Waals surface area (Å²) in [6, 6.07) is 7.36. The van der Waals surface area contributed by atoms with Crippen molar-refractivity contribution >= 4 is 17.3 Å². The van der Waals surface area contributed by atoms with Crippen molar-refractivity contribution in [1.29, 1.82) is 5.26 Å². The number of nitriles is 1. The highest BCUT2D eigenvalue weighted by molar-refractivity contribution is 6.30. The Balaban J connectivity index is 3.03. The standard InChI is InChI=1S/C12H15ClN2O/c1-2-5-15(6-7-16)12-4-3-11(13)8-10(12)9-14/h3-4,8,16H,2,5-7H2,1H3. The lowest BCUT2D eigenvalue weighted by Crippen LogP contribution is -2.28. The van der Waals surface area contributed by atoms with Crippen molar-refractivity contribution in [2.75, 3.05) is 24.6 Å². The first-order chi connectivity index (χ1) is 7.72. The zero-order valence-corrected chi connectivity index (χ0v) is 10.0. The molecule has 1 N–H and O–H groups in total. The van der Waals surface area contributed by atoms with Gasteiger partial charge in [0.25, 0.3) is 0 Å². The van der Waals surface area contributed by atoms with Crippen LogP contribution in [-0.4, -0.2) is 24.8 Å². The molecule has 0 aliphatic carbocycles. The maximum absolute atomic E-state index is 9.03. The van der Waals surface area contributed by atoms with Crippen molar-refractivity contribution in [2.45, 2.75) is 13.3 Å². The number of hydrogen-bond donors (Lipinski definition) is 1. The van der Waals surface area contributed by atoms with Crippen LogP contribution in [0.2, 0.25) is 5.02 Å². The topological polar surface area (TPSA) is 47.3 Å². The van der Waals surface area contributed by atoms with Crippen LogP contribution in [0.4, 0.5) is 5.69 Å². The summed E-state index contributed by atoms with van der Waals surface area (Å²) >= 11 is 5.84. The van der Waals surface area contributed by atoms with E-state index >= 15 is 0 Å². The lowest BCUT2D eigenvalue weighted by Gasteiger charge is -2.24. The molecule has 0 saturated carbocycles. The number of aliphatic hydroxyl groups excluding tert-OH is 1. The Morgan fingerprint density at radius 2 is 2.19 bits per heavy atom. The predicted molar refractivity (Wildman–Crippen MR) is 65.8 cm³/mol. The smallest absolute Gasteiger partial charge is 0.101 e. The SMILES string of the molecule is CCCN(CCO)c1ccc(Cl)cc1C#N. The molecule has 0 aliphatic rings. The van der Waals surface area contributed by atoms with Crippen LogP contribution in [-0.2, 0) is 0 Å².